The maximum Gasteiger partial charge on any atom is 0.416 e. The van der Waals surface area contributed by atoms with Crippen molar-refractivity contribution in [2.24, 2.45) is 0 Å². The minimum atomic E-state index is -5.06. The fourth-order valence-electron chi connectivity index (χ4n) is 6.73. The van der Waals surface area contributed by atoms with E-state index in [-0.39, 0.29) is 37.4 Å². The second-order valence-electron chi connectivity index (χ2n) is 12.3. The minimum absolute atomic E-state index is 0.0413. The van der Waals surface area contributed by atoms with Crippen molar-refractivity contribution in [3.05, 3.63) is 64.2 Å². The van der Waals surface area contributed by atoms with Gasteiger partial charge in [0.05, 0.1) is 36.0 Å². The summed E-state index contributed by atoms with van der Waals surface area (Å²) in [4.78, 5) is 33.9. The molecule has 0 bridgehead atoms. The SMILES string of the molecule is CCOC(=O)Cc1onc(C)c1-c1cnc(N(CC)C2CCCCC2)c(CN2C(=O)O[C@H](c3cc(C(F)(F)F)cc(C(F)(F)F)c3)[C@@H]2C)c1. The number of amides is 1. The Labute approximate surface area is 279 Å². The number of hydrogen-bond acceptors (Lipinski definition) is 8. The van der Waals surface area contributed by atoms with Crippen LogP contribution in [0.3, 0.4) is 0 Å². The van der Waals surface area contributed by atoms with E-state index in [0.717, 1.165) is 32.1 Å². The number of carbonyl (C=O) groups excluding carboxylic acids is 2. The number of hydrogen-bond donors (Lipinski definition) is 0. The molecular formula is C34H38F6N4O5. The van der Waals surface area contributed by atoms with E-state index in [9.17, 15) is 35.9 Å². The van der Waals surface area contributed by atoms with Crippen LogP contribution in [0.2, 0.25) is 0 Å². The van der Waals surface area contributed by atoms with Crippen molar-refractivity contribution in [2.45, 2.75) is 103 Å². The van der Waals surface area contributed by atoms with Crippen LogP contribution in [0.5, 0.6) is 0 Å². The van der Waals surface area contributed by atoms with E-state index >= 15 is 0 Å². The molecule has 2 atom stereocenters. The van der Waals surface area contributed by atoms with Crippen LogP contribution >= 0.6 is 0 Å². The summed E-state index contributed by atoms with van der Waals surface area (Å²) in [6, 6.07) is 2.23. The smallest absolute Gasteiger partial charge is 0.416 e. The first kappa shape index (κ1) is 36.0. The first-order valence-electron chi connectivity index (χ1n) is 16.3. The number of rotatable bonds is 10. The highest BCUT2D eigenvalue weighted by Crippen LogP contribution is 2.42. The molecule has 0 unspecified atom stereocenters. The summed E-state index contributed by atoms with van der Waals surface area (Å²) in [6.07, 6.45) is -5.90. The maximum absolute atomic E-state index is 13.7. The van der Waals surface area contributed by atoms with Crippen LogP contribution in [0.15, 0.2) is 35.0 Å². The van der Waals surface area contributed by atoms with Crippen molar-refractivity contribution in [3.8, 4) is 11.1 Å². The average molecular weight is 697 g/mol. The lowest BCUT2D eigenvalue weighted by molar-refractivity contribution is -0.144. The topological polar surface area (TPSA) is 98.0 Å². The lowest BCUT2D eigenvalue weighted by Crippen LogP contribution is -2.39. The Balaban J connectivity index is 1.55. The number of carbonyl (C=O) groups is 2. The molecule has 1 aliphatic heterocycles. The van der Waals surface area contributed by atoms with Gasteiger partial charge in [0.1, 0.15) is 18.3 Å². The number of esters is 1. The van der Waals surface area contributed by atoms with Gasteiger partial charge in [-0.15, -0.1) is 0 Å². The molecular weight excluding hydrogens is 658 g/mol. The van der Waals surface area contributed by atoms with Gasteiger partial charge in [0.25, 0.3) is 0 Å². The van der Waals surface area contributed by atoms with E-state index in [4.69, 9.17) is 19.0 Å². The first-order valence-corrected chi connectivity index (χ1v) is 16.3. The predicted octanol–water partition coefficient (Wildman–Crippen LogP) is 8.43. The van der Waals surface area contributed by atoms with Gasteiger partial charge in [0.15, 0.2) is 5.76 Å². The minimum Gasteiger partial charge on any atom is -0.466 e. The summed E-state index contributed by atoms with van der Waals surface area (Å²) in [5.74, 6) is 0.332. The number of anilines is 1. The molecule has 266 valence electrons. The van der Waals surface area contributed by atoms with Gasteiger partial charge in [-0.1, -0.05) is 24.4 Å². The number of nitrogens with zero attached hydrogens (tertiary/aromatic N) is 4. The number of pyridine rings is 1. The number of alkyl halides is 6. The third-order valence-electron chi connectivity index (χ3n) is 9.07. The molecule has 1 aliphatic carbocycles. The molecule has 1 saturated carbocycles. The number of benzene rings is 1. The Bertz CT molecular complexity index is 1640. The van der Waals surface area contributed by atoms with Crippen LogP contribution in [0, 0.1) is 6.92 Å². The zero-order valence-corrected chi connectivity index (χ0v) is 27.6. The van der Waals surface area contributed by atoms with Crippen LogP contribution in [0.1, 0.15) is 92.7 Å². The van der Waals surface area contributed by atoms with Gasteiger partial charge < -0.3 is 18.9 Å². The van der Waals surface area contributed by atoms with Crippen LogP contribution in [0.4, 0.5) is 37.0 Å². The highest BCUT2D eigenvalue weighted by atomic mass is 19.4. The zero-order valence-electron chi connectivity index (χ0n) is 27.6. The van der Waals surface area contributed by atoms with Crippen LogP contribution < -0.4 is 4.90 Å². The third-order valence-corrected chi connectivity index (χ3v) is 9.07. The summed E-state index contributed by atoms with van der Waals surface area (Å²) in [7, 11) is 0. The van der Waals surface area contributed by atoms with Gasteiger partial charge in [-0.05, 0) is 70.4 Å². The normalized spacial score (nSPS) is 18.9. The molecule has 0 radical (unpaired) electrons. The standard InChI is InChI=1S/C34H38F6N4O5/c1-5-43(26-10-8-7-9-11-26)31-23(12-22(17-41-31)29-19(3)42-49-27(29)16-28(45)47-6-2)18-44-20(4)30(48-32(44)46)21-13-24(33(35,36)37)15-25(14-21)34(38,39)40/h12-15,17,20,26,30H,5-11,16,18H2,1-4H3/t20-,30-/m0/s1. The summed E-state index contributed by atoms with van der Waals surface area (Å²) in [5.41, 5.74) is -1.29. The molecule has 9 nitrogen and oxygen atoms in total. The Kier molecular flexibility index (Phi) is 10.5. The molecule has 1 aromatic carbocycles. The average Bonchev–Trinajstić information content (AvgIpc) is 3.54. The molecule has 3 heterocycles. The van der Waals surface area contributed by atoms with Gasteiger partial charge in [0.2, 0.25) is 0 Å². The van der Waals surface area contributed by atoms with Crippen molar-refractivity contribution in [3.63, 3.8) is 0 Å². The number of aromatic nitrogens is 2. The molecule has 1 amide bonds. The van der Waals surface area contributed by atoms with E-state index in [1.165, 1.54) is 11.8 Å². The summed E-state index contributed by atoms with van der Waals surface area (Å²) >= 11 is 0. The fraction of sp³-hybridized carbons (Fsp3) is 0.529. The van der Waals surface area contributed by atoms with E-state index in [0.29, 0.717) is 46.9 Å². The molecule has 0 N–H and O–H groups in total. The van der Waals surface area contributed by atoms with E-state index < -0.39 is 53.3 Å². The van der Waals surface area contributed by atoms with Crippen LogP contribution in [-0.2, 0) is 39.6 Å². The second-order valence-corrected chi connectivity index (χ2v) is 12.3. The zero-order chi connectivity index (χ0) is 35.7. The lowest BCUT2D eigenvalue weighted by Gasteiger charge is -2.36. The number of ether oxygens (including phenoxy) is 2. The van der Waals surface area contributed by atoms with Crippen molar-refractivity contribution in [1.82, 2.24) is 15.0 Å². The quantitative estimate of drug-likeness (QED) is 0.154. The molecule has 5 rings (SSSR count). The molecule has 0 spiro atoms. The molecule has 2 aromatic heterocycles. The van der Waals surface area contributed by atoms with Gasteiger partial charge in [0, 0.05) is 35.5 Å². The highest BCUT2D eigenvalue weighted by Gasteiger charge is 2.44. The predicted molar refractivity (Wildman–Crippen MR) is 165 cm³/mol. The van der Waals surface area contributed by atoms with Crippen molar-refractivity contribution < 1.29 is 49.9 Å². The van der Waals surface area contributed by atoms with Gasteiger partial charge >= 0.3 is 24.4 Å². The summed E-state index contributed by atoms with van der Waals surface area (Å²) in [6.45, 7) is 7.55. The summed E-state index contributed by atoms with van der Waals surface area (Å²) in [5, 5.41) is 4.04. The molecule has 3 aromatic rings. The lowest BCUT2D eigenvalue weighted by atomic mass is 9.93. The van der Waals surface area contributed by atoms with Crippen molar-refractivity contribution >= 4 is 17.9 Å². The van der Waals surface area contributed by atoms with Gasteiger partial charge in [-0.25, -0.2) is 9.78 Å². The summed E-state index contributed by atoms with van der Waals surface area (Å²) < 4.78 is 97.9. The maximum atomic E-state index is 13.7. The number of cyclic esters (lactones) is 1. The van der Waals surface area contributed by atoms with E-state index in [1.54, 1.807) is 26.1 Å². The largest absolute Gasteiger partial charge is 0.466 e. The monoisotopic (exact) mass is 696 g/mol. The first-order chi connectivity index (χ1) is 23.1. The molecule has 1 saturated heterocycles. The Morgan fingerprint density at radius 3 is 2.27 bits per heavy atom. The molecule has 49 heavy (non-hydrogen) atoms. The Morgan fingerprint density at radius 1 is 1.02 bits per heavy atom. The van der Waals surface area contributed by atoms with E-state index in [1.807, 2.05) is 6.92 Å². The molecule has 2 aliphatic rings. The molecule has 15 heteroatoms. The third kappa shape index (κ3) is 7.80. The van der Waals surface area contributed by atoms with Gasteiger partial charge in [-0.2, -0.15) is 26.3 Å². The van der Waals surface area contributed by atoms with Crippen molar-refractivity contribution in [2.75, 3.05) is 18.1 Å². The Hall–Kier alpha value is -4.30. The van der Waals surface area contributed by atoms with Crippen LogP contribution in [0.25, 0.3) is 11.1 Å². The van der Waals surface area contributed by atoms with Crippen LogP contribution in [-0.4, -0.2) is 52.3 Å². The number of halogens is 6. The van der Waals surface area contributed by atoms with Gasteiger partial charge in [-0.3, -0.25) is 9.69 Å². The molecule has 2 fully saturated rings. The fourth-order valence-corrected chi connectivity index (χ4v) is 6.73. The number of aryl methyl sites for hydroxylation is 1. The highest BCUT2D eigenvalue weighted by molar-refractivity contribution is 5.78. The Morgan fingerprint density at radius 2 is 1.67 bits per heavy atom. The second kappa shape index (κ2) is 14.3. The van der Waals surface area contributed by atoms with Crippen molar-refractivity contribution in [1.29, 1.82) is 0 Å². The van der Waals surface area contributed by atoms with E-state index in [2.05, 4.69) is 10.1 Å².